The molecule has 0 saturated carbocycles. The van der Waals surface area contributed by atoms with Crippen LogP contribution in [0.4, 0.5) is 5.82 Å². The average molecular weight is 291 g/mol. The number of aromatic nitrogens is 1. The van der Waals surface area contributed by atoms with Gasteiger partial charge in [0.05, 0.1) is 5.56 Å². The number of hydrogen-bond acceptors (Lipinski definition) is 3. The van der Waals surface area contributed by atoms with Gasteiger partial charge in [0.2, 0.25) is 0 Å². The van der Waals surface area contributed by atoms with Crippen LogP contribution in [-0.4, -0.2) is 23.1 Å². The van der Waals surface area contributed by atoms with Crippen LogP contribution < -0.4 is 10.6 Å². The first-order chi connectivity index (χ1) is 9.50. The van der Waals surface area contributed by atoms with Crippen molar-refractivity contribution < 1.29 is 0 Å². The number of hydrogen-bond donors (Lipinski definition) is 1. The van der Waals surface area contributed by atoms with Crippen LogP contribution in [-0.2, 0) is 0 Å². The van der Waals surface area contributed by atoms with E-state index in [-0.39, 0.29) is 0 Å². The van der Waals surface area contributed by atoms with E-state index in [0.29, 0.717) is 4.99 Å². The fourth-order valence-corrected chi connectivity index (χ4v) is 3.34. The average Bonchev–Trinajstić information content (AvgIpc) is 2.63. The summed E-state index contributed by atoms with van der Waals surface area (Å²) in [5.41, 5.74) is 7.97. The van der Waals surface area contributed by atoms with Crippen LogP contribution in [0.2, 0.25) is 0 Å². The Hall–Kier alpha value is -1.16. The van der Waals surface area contributed by atoms with E-state index in [0.717, 1.165) is 41.9 Å². The molecule has 0 spiro atoms. The fraction of sp³-hybridized carbons (Fsp3) is 0.625. The minimum Gasteiger partial charge on any atom is -0.389 e. The van der Waals surface area contributed by atoms with Gasteiger partial charge >= 0.3 is 0 Å². The van der Waals surface area contributed by atoms with Crippen LogP contribution in [0.25, 0.3) is 0 Å². The highest BCUT2D eigenvalue weighted by molar-refractivity contribution is 7.80. The number of rotatable bonds is 3. The van der Waals surface area contributed by atoms with Gasteiger partial charge in [0, 0.05) is 19.3 Å². The second kappa shape index (κ2) is 6.53. The van der Waals surface area contributed by atoms with Gasteiger partial charge in [-0.3, -0.25) is 0 Å². The predicted octanol–water partition coefficient (Wildman–Crippen LogP) is 3.29. The molecule has 1 aliphatic heterocycles. The quantitative estimate of drug-likeness (QED) is 0.868. The van der Waals surface area contributed by atoms with Crippen molar-refractivity contribution in [3.8, 4) is 0 Å². The first-order valence-electron chi connectivity index (χ1n) is 7.51. The van der Waals surface area contributed by atoms with Crippen LogP contribution in [0.3, 0.4) is 0 Å². The maximum Gasteiger partial charge on any atom is 0.139 e. The minimum absolute atomic E-state index is 0.454. The van der Waals surface area contributed by atoms with Crippen LogP contribution in [0, 0.1) is 18.8 Å². The Kier molecular flexibility index (Phi) is 4.97. The summed E-state index contributed by atoms with van der Waals surface area (Å²) in [5, 5.41) is 0. The van der Waals surface area contributed by atoms with Crippen molar-refractivity contribution >= 4 is 23.0 Å². The first-order valence-corrected chi connectivity index (χ1v) is 7.92. The molecule has 3 nitrogen and oxygen atoms in total. The molecule has 0 aliphatic carbocycles. The molecule has 1 aromatic heterocycles. The molecule has 1 saturated heterocycles. The van der Waals surface area contributed by atoms with E-state index in [4.69, 9.17) is 18.0 Å². The lowest BCUT2D eigenvalue weighted by molar-refractivity contribution is 0.351. The molecule has 0 amide bonds. The lowest BCUT2D eigenvalue weighted by Crippen LogP contribution is -2.29. The minimum atomic E-state index is 0.454. The highest BCUT2D eigenvalue weighted by Crippen LogP contribution is 2.28. The van der Waals surface area contributed by atoms with Crippen LogP contribution in [0.15, 0.2) is 12.3 Å². The summed E-state index contributed by atoms with van der Waals surface area (Å²) in [7, 11) is 0. The van der Waals surface area contributed by atoms with Gasteiger partial charge in [0.15, 0.2) is 0 Å². The smallest absolute Gasteiger partial charge is 0.139 e. The van der Waals surface area contributed by atoms with Crippen molar-refractivity contribution in [1.29, 1.82) is 0 Å². The summed E-state index contributed by atoms with van der Waals surface area (Å²) >= 11 is 5.22. The summed E-state index contributed by atoms with van der Waals surface area (Å²) in [6.45, 7) is 8.80. The number of nitrogens with two attached hydrogens (primary N) is 1. The van der Waals surface area contributed by atoms with E-state index in [9.17, 15) is 0 Å². The van der Waals surface area contributed by atoms with Gasteiger partial charge in [0.1, 0.15) is 10.8 Å². The second-order valence-electron chi connectivity index (χ2n) is 6.11. The molecule has 2 N–H and O–H groups in total. The van der Waals surface area contributed by atoms with Crippen molar-refractivity contribution in [2.75, 3.05) is 18.0 Å². The van der Waals surface area contributed by atoms with E-state index >= 15 is 0 Å². The maximum atomic E-state index is 5.90. The molecular formula is C16H25N3S. The summed E-state index contributed by atoms with van der Waals surface area (Å²) in [5.74, 6) is 2.55. The van der Waals surface area contributed by atoms with Gasteiger partial charge in [-0.2, -0.15) is 0 Å². The van der Waals surface area contributed by atoms with Crippen molar-refractivity contribution in [2.24, 2.45) is 17.6 Å². The van der Waals surface area contributed by atoms with Gasteiger partial charge in [-0.05, 0) is 49.7 Å². The molecule has 1 atom stereocenters. The summed E-state index contributed by atoms with van der Waals surface area (Å²) < 4.78 is 0. The Balaban J connectivity index is 2.24. The molecule has 1 fully saturated rings. The highest BCUT2D eigenvalue weighted by atomic mass is 32.1. The largest absolute Gasteiger partial charge is 0.389 e. The van der Waals surface area contributed by atoms with Gasteiger partial charge in [-0.1, -0.05) is 26.1 Å². The summed E-state index contributed by atoms with van der Waals surface area (Å²) in [4.78, 5) is 7.37. The van der Waals surface area contributed by atoms with Crippen LogP contribution in [0.5, 0.6) is 0 Å². The Labute approximate surface area is 127 Å². The van der Waals surface area contributed by atoms with Crippen LogP contribution in [0.1, 0.15) is 44.2 Å². The first kappa shape index (κ1) is 15.2. The highest BCUT2D eigenvalue weighted by Gasteiger charge is 2.22. The Morgan fingerprint density at radius 3 is 2.80 bits per heavy atom. The Morgan fingerprint density at radius 1 is 1.40 bits per heavy atom. The molecule has 0 radical (unpaired) electrons. The number of pyridine rings is 1. The zero-order valence-electron chi connectivity index (χ0n) is 12.7. The van der Waals surface area contributed by atoms with Crippen molar-refractivity contribution in [2.45, 2.75) is 40.0 Å². The molecule has 1 aromatic rings. The molecule has 1 unspecified atom stereocenters. The molecule has 0 aromatic carbocycles. The zero-order valence-corrected chi connectivity index (χ0v) is 13.5. The van der Waals surface area contributed by atoms with E-state index < -0.39 is 0 Å². The molecule has 0 bridgehead atoms. The summed E-state index contributed by atoms with van der Waals surface area (Å²) in [6.07, 6.45) is 5.61. The van der Waals surface area contributed by atoms with Crippen molar-refractivity contribution in [3.63, 3.8) is 0 Å². The zero-order chi connectivity index (χ0) is 14.7. The SMILES string of the molecule is Cc1ccnc(N2CCCC(C(C)C)CC2)c1C(N)=S. The van der Waals surface area contributed by atoms with Crippen molar-refractivity contribution in [3.05, 3.63) is 23.4 Å². The van der Waals surface area contributed by atoms with Crippen LogP contribution >= 0.6 is 12.2 Å². The molecule has 1 aliphatic rings. The van der Waals surface area contributed by atoms with E-state index in [1.807, 2.05) is 12.3 Å². The molecule has 4 heteroatoms. The van der Waals surface area contributed by atoms with E-state index in [1.165, 1.54) is 19.3 Å². The number of aryl methyl sites for hydroxylation is 1. The van der Waals surface area contributed by atoms with Crippen molar-refractivity contribution in [1.82, 2.24) is 4.98 Å². The Bertz CT molecular complexity index is 485. The summed E-state index contributed by atoms with van der Waals surface area (Å²) in [6, 6.07) is 1.98. The topological polar surface area (TPSA) is 42.2 Å². The monoisotopic (exact) mass is 291 g/mol. The number of nitrogens with zero attached hydrogens (tertiary/aromatic N) is 2. The van der Waals surface area contributed by atoms with E-state index in [2.05, 4.69) is 30.7 Å². The molecule has 2 rings (SSSR count). The molecule has 2 heterocycles. The van der Waals surface area contributed by atoms with Gasteiger partial charge in [-0.25, -0.2) is 4.98 Å². The Morgan fingerprint density at radius 2 is 2.15 bits per heavy atom. The third-order valence-corrected chi connectivity index (χ3v) is 4.60. The lowest BCUT2D eigenvalue weighted by Gasteiger charge is -2.25. The van der Waals surface area contributed by atoms with E-state index in [1.54, 1.807) is 0 Å². The van der Waals surface area contributed by atoms with Gasteiger partial charge in [-0.15, -0.1) is 0 Å². The predicted molar refractivity (Wildman–Crippen MR) is 89.3 cm³/mol. The maximum absolute atomic E-state index is 5.90. The molecule has 110 valence electrons. The molecule has 20 heavy (non-hydrogen) atoms. The third kappa shape index (κ3) is 3.29. The standard InChI is InChI=1S/C16H25N3S/c1-11(2)13-5-4-9-19(10-7-13)16-14(15(17)20)12(3)6-8-18-16/h6,8,11,13H,4-5,7,9-10H2,1-3H3,(H2,17,20). The van der Waals surface area contributed by atoms with Gasteiger partial charge < -0.3 is 10.6 Å². The molecular weight excluding hydrogens is 266 g/mol. The number of thiocarbonyl (C=S) groups is 1. The second-order valence-corrected chi connectivity index (χ2v) is 6.55. The lowest BCUT2D eigenvalue weighted by atomic mass is 9.89. The fourth-order valence-electron chi connectivity index (χ4n) is 3.09. The number of anilines is 1. The third-order valence-electron chi connectivity index (χ3n) is 4.40. The van der Waals surface area contributed by atoms with Gasteiger partial charge in [0.25, 0.3) is 0 Å². The normalized spacial score (nSPS) is 20.0.